The summed E-state index contributed by atoms with van der Waals surface area (Å²) < 4.78 is 17.5. The number of rotatable bonds is 4. The van der Waals surface area contributed by atoms with Gasteiger partial charge in [-0.2, -0.15) is 11.8 Å². The molecule has 116 valence electrons. The third-order valence-corrected chi connectivity index (χ3v) is 5.00. The number of benzene rings is 1. The highest BCUT2D eigenvalue weighted by atomic mass is 32.2. The van der Waals surface area contributed by atoms with Crippen molar-refractivity contribution in [3.05, 3.63) is 23.8 Å². The van der Waals surface area contributed by atoms with Crippen LogP contribution in [0, 0.1) is 0 Å². The molecular formula is C16H23NO3S. The van der Waals surface area contributed by atoms with Gasteiger partial charge in [-0.3, -0.25) is 0 Å². The highest BCUT2D eigenvalue weighted by Crippen LogP contribution is 2.34. The summed E-state index contributed by atoms with van der Waals surface area (Å²) in [5.74, 6) is 4.02. The molecule has 4 nitrogen and oxygen atoms in total. The summed E-state index contributed by atoms with van der Waals surface area (Å²) in [7, 11) is 1.69. The Bertz CT molecular complexity index is 457. The predicted molar refractivity (Wildman–Crippen MR) is 85.5 cm³/mol. The van der Waals surface area contributed by atoms with Gasteiger partial charge in [-0.15, -0.1) is 0 Å². The van der Waals surface area contributed by atoms with Gasteiger partial charge in [0.05, 0.1) is 19.8 Å². The maximum absolute atomic E-state index is 6.19. The van der Waals surface area contributed by atoms with Crippen molar-refractivity contribution in [2.75, 3.05) is 38.3 Å². The zero-order valence-corrected chi connectivity index (χ0v) is 13.3. The van der Waals surface area contributed by atoms with Crippen LogP contribution in [-0.4, -0.2) is 44.4 Å². The normalized spacial score (nSPS) is 23.8. The van der Waals surface area contributed by atoms with E-state index in [-0.39, 0.29) is 6.10 Å². The van der Waals surface area contributed by atoms with Crippen molar-refractivity contribution in [2.45, 2.75) is 25.0 Å². The van der Waals surface area contributed by atoms with Crippen molar-refractivity contribution in [1.82, 2.24) is 5.32 Å². The molecule has 1 aromatic carbocycles. The molecule has 2 saturated heterocycles. The van der Waals surface area contributed by atoms with E-state index in [2.05, 4.69) is 17.4 Å². The van der Waals surface area contributed by atoms with Crippen LogP contribution in [0.2, 0.25) is 0 Å². The minimum Gasteiger partial charge on any atom is -0.493 e. The quantitative estimate of drug-likeness (QED) is 0.926. The first-order chi connectivity index (χ1) is 10.4. The Morgan fingerprint density at radius 3 is 2.81 bits per heavy atom. The fourth-order valence-electron chi connectivity index (χ4n) is 2.74. The Morgan fingerprint density at radius 1 is 1.24 bits per heavy atom. The second-order valence-electron chi connectivity index (χ2n) is 5.40. The predicted octanol–water partition coefficient (Wildman–Crippen LogP) is 2.63. The molecule has 0 bridgehead atoms. The van der Waals surface area contributed by atoms with Crippen LogP contribution >= 0.6 is 11.8 Å². The van der Waals surface area contributed by atoms with E-state index in [0.717, 1.165) is 49.6 Å². The second-order valence-corrected chi connectivity index (χ2v) is 6.63. The lowest BCUT2D eigenvalue weighted by atomic mass is 10.1. The van der Waals surface area contributed by atoms with Gasteiger partial charge >= 0.3 is 0 Å². The molecule has 5 heteroatoms. The first-order valence-electron chi connectivity index (χ1n) is 7.61. The number of methoxy groups -OCH3 is 1. The molecule has 2 fully saturated rings. The average molecular weight is 309 g/mol. The summed E-state index contributed by atoms with van der Waals surface area (Å²) in [6.07, 6.45) is 2.63. The Morgan fingerprint density at radius 2 is 2.10 bits per heavy atom. The summed E-state index contributed by atoms with van der Waals surface area (Å²) >= 11 is 2.01. The molecule has 0 amide bonds. The van der Waals surface area contributed by atoms with E-state index in [1.807, 2.05) is 17.8 Å². The van der Waals surface area contributed by atoms with Crippen molar-refractivity contribution in [2.24, 2.45) is 0 Å². The van der Waals surface area contributed by atoms with Crippen molar-refractivity contribution in [3.63, 3.8) is 0 Å². The lowest BCUT2D eigenvalue weighted by Crippen LogP contribution is -2.33. The number of nitrogens with one attached hydrogen (secondary N) is 1. The van der Waals surface area contributed by atoms with Crippen molar-refractivity contribution in [3.8, 4) is 11.5 Å². The third kappa shape index (κ3) is 3.84. The van der Waals surface area contributed by atoms with Gasteiger partial charge in [-0.05, 0) is 42.0 Å². The fraction of sp³-hybridized carbons (Fsp3) is 0.625. The Hall–Kier alpha value is -0.910. The van der Waals surface area contributed by atoms with Crippen LogP contribution in [0.4, 0.5) is 0 Å². The number of ether oxygens (including phenoxy) is 3. The summed E-state index contributed by atoms with van der Waals surface area (Å²) in [5, 5.41) is 3.36. The van der Waals surface area contributed by atoms with E-state index in [0.29, 0.717) is 6.10 Å². The van der Waals surface area contributed by atoms with E-state index in [1.165, 1.54) is 11.5 Å². The minimum atomic E-state index is 0.105. The maximum Gasteiger partial charge on any atom is 0.161 e. The van der Waals surface area contributed by atoms with Crippen LogP contribution in [0.3, 0.4) is 0 Å². The van der Waals surface area contributed by atoms with Gasteiger partial charge in [-0.1, -0.05) is 6.07 Å². The molecule has 2 aliphatic rings. The Labute approximate surface area is 130 Å². The number of thioether (sulfide) groups is 1. The molecule has 3 rings (SSSR count). The summed E-state index contributed by atoms with van der Waals surface area (Å²) in [6, 6.07) is 6.14. The van der Waals surface area contributed by atoms with Gasteiger partial charge in [0.15, 0.2) is 11.5 Å². The first kappa shape index (κ1) is 15.0. The first-order valence-corrected chi connectivity index (χ1v) is 8.77. The molecule has 2 aliphatic heterocycles. The number of hydrogen-bond donors (Lipinski definition) is 1. The number of morpholine rings is 1. The molecule has 0 aromatic heterocycles. The van der Waals surface area contributed by atoms with Crippen LogP contribution in [0.25, 0.3) is 0 Å². The van der Waals surface area contributed by atoms with Crippen molar-refractivity contribution >= 4 is 11.8 Å². The monoisotopic (exact) mass is 309 g/mol. The van der Waals surface area contributed by atoms with E-state index in [4.69, 9.17) is 14.2 Å². The van der Waals surface area contributed by atoms with Gasteiger partial charge in [0, 0.05) is 13.1 Å². The molecular weight excluding hydrogens is 286 g/mol. The molecule has 1 aromatic rings. The van der Waals surface area contributed by atoms with Crippen LogP contribution in [-0.2, 0) is 4.74 Å². The summed E-state index contributed by atoms with van der Waals surface area (Å²) in [6.45, 7) is 2.54. The molecule has 0 spiro atoms. The molecule has 0 radical (unpaired) electrons. The Kier molecular flexibility index (Phi) is 5.27. The average Bonchev–Trinajstić information content (AvgIpc) is 2.56. The Balaban J connectivity index is 1.75. The van der Waals surface area contributed by atoms with E-state index >= 15 is 0 Å². The summed E-state index contributed by atoms with van der Waals surface area (Å²) in [4.78, 5) is 0. The van der Waals surface area contributed by atoms with Crippen LogP contribution < -0.4 is 14.8 Å². The topological polar surface area (TPSA) is 39.7 Å². The lowest BCUT2D eigenvalue weighted by molar-refractivity contribution is 0.0274. The van der Waals surface area contributed by atoms with Gasteiger partial charge in [0.25, 0.3) is 0 Å². The van der Waals surface area contributed by atoms with E-state index < -0.39 is 0 Å². The van der Waals surface area contributed by atoms with Gasteiger partial charge < -0.3 is 19.5 Å². The summed E-state index contributed by atoms with van der Waals surface area (Å²) in [5.41, 5.74) is 1.16. The van der Waals surface area contributed by atoms with Gasteiger partial charge in [0.2, 0.25) is 0 Å². The molecule has 21 heavy (non-hydrogen) atoms. The number of hydrogen-bond acceptors (Lipinski definition) is 5. The van der Waals surface area contributed by atoms with Crippen LogP contribution in [0.5, 0.6) is 11.5 Å². The third-order valence-electron chi connectivity index (χ3n) is 3.95. The molecule has 2 heterocycles. The standard InChI is InChI=1S/C16H23NO3S/c1-18-14-3-2-12(16-11-17-6-7-19-16)10-15(14)20-13-4-8-21-9-5-13/h2-3,10,13,16-17H,4-9,11H2,1H3. The zero-order chi connectivity index (χ0) is 14.5. The van der Waals surface area contributed by atoms with Gasteiger partial charge in [-0.25, -0.2) is 0 Å². The van der Waals surface area contributed by atoms with E-state index in [1.54, 1.807) is 7.11 Å². The largest absolute Gasteiger partial charge is 0.493 e. The lowest BCUT2D eigenvalue weighted by Gasteiger charge is -2.26. The molecule has 1 N–H and O–H groups in total. The highest BCUT2D eigenvalue weighted by Gasteiger charge is 2.20. The van der Waals surface area contributed by atoms with Gasteiger partial charge in [0.1, 0.15) is 6.10 Å². The SMILES string of the molecule is COc1ccc(C2CNCCO2)cc1OC1CCSCC1. The zero-order valence-electron chi connectivity index (χ0n) is 12.5. The fourth-order valence-corrected chi connectivity index (χ4v) is 3.80. The van der Waals surface area contributed by atoms with E-state index in [9.17, 15) is 0 Å². The highest BCUT2D eigenvalue weighted by molar-refractivity contribution is 7.99. The minimum absolute atomic E-state index is 0.105. The van der Waals surface area contributed by atoms with Crippen molar-refractivity contribution in [1.29, 1.82) is 0 Å². The molecule has 0 aliphatic carbocycles. The molecule has 0 saturated carbocycles. The van der Waals surface area contributed by atoms with Crippen LogP contribution in [0.1, 0.15) is 24.5 Å². The maximum atomic E-state index is 6.19. The van der Waals surface area contributed by atoms with Crippen LogP contribution in [0.15, 0.2) is 18.2 Å². The smallest absolute Gasteiger partial charge is 0.161 e. The molecule has 1 atom stereocenters. The molecule has 1 unspecified atom stereocenters. The second kappa shape index (κ2) is 7.38. The van der Waals surface area contributed by atoms with Crippen molar-refractivity contribution < 1.29 is 14.2 Å².